The molecule has 0 aromatic carbocycles. The van der Waals surface area contributed by atoms with Gasteiger partial charge in [0.1, 0.15) is 12.2 Å². The Morgan fingerprint density at radius 3 is 2.60 bits per heavy atom. The summed E-state index contributed by atoms with van der Waals surface area (Å²) in [5.41, 5.74) is 0. The first kappa shape index (κ1) is 8.81. The van der Waals surface area contributed by atoms with E-state index in [-0.39, 0.29) is 5.84 Å². The van der Waals surface area contributed by atoms with E-state index in [9.17, 15) is 0 Å². The van der Waals surface area contributed by atoms with Crippen LogP contribution in [-0.2, 0) is 0 Å². The van der Waals surface area contributed by atoms with Gasteiger partial charge in [0.05, 0.1) is 0 Å². The molecule has 0 aromatic rings. The molecule has 0 rings (SSSR count). The standard InChI is InChI=1S/C6H12N4/c1-4-9-10(3)5-8-6(2)7/h4-5,7H,1-3H3/b7-6?,8-5?,9-4-. The molecule has 0 unspecified atom stereocenters. The molecule has 0 aromatic heterocycles. The zero-order valence-electron chi connectivity index (χ0n) is 6.50. The summed E-state index contributed by atoms with van der Waals surface area (Å²) < 4.78 is 0. The van der Waals surface area contributed by atoms with E-state index in [1.54, 1.807) is 20.2 Å². The number of hydrogen-bond donors (Lipinski definition) is 1. The second-order valence-corrected chi connectivity index (χ2v) is 1.78. The van der Waals surface area contributed by atoms with Crippen molar-refractivity contribution in [2.75, 3.05) is 7.05 Å². The van der Waals surface area contributed by atoms with Gasteiger partial charge >= 0.3 is 0 Å². The summed E-state index contributed by atoms with van der Waals surface area (Å²) in [5.74, 6) is 0.276. The number of nitrogens with zero attached hydrogens (tertiary/aromatic N) is 3. The van der Waals surface area contributed by atoms with Crippen LogP contribution in [0.4, 0.5) is 0 Å². The Balaban J connectivity index is 3.77. The van der Waals surface area contributed by atoms with E-state index in [4.69, 9.17) is 5.41 Å². The predicted molar refractivity (Wildman–Crippen MR) is 43.8 cm³/mol. The van der Waals surface area contributed by atoms with E-state index in [1.807, 2.05) is 6.92 Å². The van der Waals surface area contributed by atoms with Crippen LogP contribution in [0, 0.1) is 5.41 Å². The Hall–Kier alpha value is -1.19. The van der Waals surface area contributed by atoms with E-state index < -0.39 is 0 Å². The number of hydrogen-bond acceptors (Lipinski definition) is 2. The molecular weight excluding hydrogens is 128 g/mol. The molecule has 10 heavy (non-hydrogen) atoms. The highest BCUT2D eigenvalue weighted by Crippen LogP contribution is 1.77. The number of nitrogens with one attached hydrogen (secondary N) is 1. The number of rotatable bonds is 2. The lowest BCUT2D eigenvalue weighted by Gasteiger charge is -2.01. The number of hydrazone groups is 1. The van der Waals surface area contributed by atoms with Crippen LogP contribution in [0.15, 0.2) is 10.1 Å². The first-order valence-electron chi connectivity index (χ1n) is 2.97. The Bertz CT molecular complexity index is 159. The van der Waals surface area contributed by atoms with E-state index in [2.05, 4.69) is 10.1 Å². The van der Waals surface area contributed by atoms with Crippen molar-refractivity contribution in [3.8, 4) is 0 Å². The minimum Gasteiger partial charge on any atom is -0.287 e. The smallest absolute Gasteiger partial charge is 0.119 e. The van der Waals surface area contributed by atoms with Crippen LogP contribution in [0.2, 0.25) is 0 Å². The summed E-state index contributed by atoms with van der Waals surface area (Å²) in [5, 5.41) is 12.3. The third-order valence-electron chi connectivity index (χ3n) is 0.716. The van der Waals surface area contributed by atoms with Crippen molar-refractivity contribution in [1.82, 2.24) is 5.01 Å². The molecule has 0 aliphatic rings. The van der Waals surface area contributed by atoms with Crippen LogP contribution in [0.1, 0.15) is 13.8 Å². The molecule has 0 aliphatic heterocycles. The maximum Gasteiger partial charge on any atom is 0.119 e. The highest BCUT2D eigenvalue weighted by molar-refractivity contribution is 5.84. The second-order valence-electron chi connectivity index (χ2n) is 1.78. The van der Waals surface area contributed by atoms with Crippen LogP contribution < -0.4 is 0 Å². The summed E-state index contributed by atoms with van der Waals surface area (Å²) >= 11 is 0. The van der Waals surface area contributed by atoms with Gasteiger partial charge in [-0.25, -0.2) is 4.99 Å². The fraction of sp³-hybridized carbons (Fsp3) is 0.500. The SMILES string of the molecule is C/C=N\N(C)C=NC(C)=N. The summed E-state index contributed by atoms with van der Waals surface area (Å²) in [6.07, 6.45) is 3.15. The van der Waals surface area contributed by atoms with E-state index in [1.165, 1.54) is 11.3 Å². The summed E-state index contributed by atoms with van der Waals surface area (Å²) in [4.78, 5) is 3.71. The van der Waals surface area contributed by atoms with Crippen LogP contribution in [0.5, 0.6) is 0 Å². The molecule has 4 nitrogen and oxygen atoms in total. The van der Waals surface area contributed by atoms with Gasteiger partial charge < -0.3 is 0 Å². The van der Waals surface area contributed by atoms with Gasteiger partial charge in [-0.1, -0.05) is 0 Å². The largest absolute Gasteiger partial charge is 0.287 e. The van der Waals surface area contributed by atoms with Gasteiger partial charge in [0, 0.05) is 13.3 Å². The lowest BCUT2D eigenvalue weighted by atomic mass is 10.7. The van der Waals surface area contributed by atoms with Gasteiger partial charge in [-0.3, -0.25) is 10.4 Å². The van der Waals surface area contributed by atoms with Gasteiger partial charge in [-0.05, 0) is 13.8 Å². The molecule has 1 N–H and O–H groups in total. The lowest BCUT2D eigenvalue weighted by Crippen LogP contribution is -2.08. The second kappa shape index (κ2) is 4.67. The van der Waals surface area contributed by atoms with Crippen molar-refractivity contribution in [2.24, 2.45) is 10.1 Å². The van der Waals surface area contributed by atoms with E-state index in [0.717, 1.165) is 0 Å². The van der Waals surface area contributed by atoms with Gasteiger partial charge in [-0.15, -0.1) is 0 Å². The molecule has 0 amide bonds. The molecule has 0 spiro atoms. The Morgan fingerprint density at radius 2 is 2.20 bits per heavy atom. The monoisotopic (exact) mass is 140 g/mol. The predicted octanol–water partition coefficient (Wildman–Crippen LogP) is 0.949. The lowest BCUT2D eigenvalue weighted by molar-refractivity contribution is 0.565. The Labute approximate surface area is 60.8 Å². The van der Waals surface area contributed by atoms with Crippen molar-refractivity contribution >= 4 is 18.4 Å². The van der Waals surface area contributed by atoms with Crippen LogP contribution in [0.25, 0.3) is 0 Å². The van der Waals surface area contributed by atoms with Crippen molar-refractivity contribution in [1.29, 1.82) is 5.41 Å². The summed E-state index contributed by atoms with van der Waals surface area (Å²) in [6, 6.07) is 0. The van der Waals surface area contributed by atoms with Gasteiger partial charge in [0.15, 0.2) is 0 Å². The van der Waals surface area contributed by atoms with Crippen molar-refractivity contribution in [2.45, 2.75) is 13.8 Å². The fourth-order valence-corrected chi connectivity index (χ4v) is 0.382. The maximum atomic E-state index is 6.94. The van der Waals surface area contributed by atoms with Crippen LogP contribution >= 0.6 is 0 Å². The van der Waals surface area contributed by atoms with E-state index in [0.29, 0.717) is 0 Å². The molecule has 4 heteroatoms. The molecule has 0 heterocycles. The number of amidine groups is 1. The summed E-state index contributed by atoms with van der Waals surface area (Å²) in [7, 11) is 1.76. The molecule has 0 saturated carbocycles. The average molecular weight is 140 g/mol. The van der Waals surface area contributed by atoms with Crippen LogP contribution in [0.3, 0.4) is 0 Å². The zero-order valence-corrected chi connectivity index (χ0v) is 6.50. The minimum absolute atomic E-state index is 0.276. The molecule has 0 radical (unpaired) electrons. The quantitative estimate of drug-likeness (QED) is 0.346. The third-order valence-corrected chi connectivity index (χ3v) is 0.716. The molecule has 0 saturated heterocycles. The van der Waals surface area contributed by atoms with Gasteiger partial charge in [0.25, 0.3) is 0 Å². The number of aliphatic imine (C=N–C) groups is 1. The van der Waals surface area contributed by atoms with Crippen molar-refractivity contribution in [3.05, 3.63) is 0 Å². The van der Waals surface area contributed by atoms with Gasteiger partial charge in [0.2, 0.25) is 0 Å². The molecule has 0 atom stereocenters. The zero-order chi connectivity index (χ0) is 7.98. The highest BCUT2D eigenvalue weighted by atomic mass is 15.4. The van der Waals surface area contributed by atoms with Gasteiger partial charge in [-0.2, -0.15) is 5.10 Å². The average Bonchev–Trinajstić information content (AvgIpc) is 1.85. The third kappa shape index (κ3) is 4.96. The fourth-order valence-electron chi connectivity index (χ4n) is 0.382. The molecule has 56 valence electrons. The minimum atomic E-state index is 0.276. The molecule has 0 fully saturated rings. The highest BCUT2D eigenvalue weighted by Gasteiger charge is 1.81. The van der Waals surface area contributed by atoms with E-state index >= 15 is 0 Å². The van der Waals surface area contributed by atoms with Crippen LogP contribution in [-0.4, -0.2) is 30.4 Å². The van der Waals surface area contributed by atoms with Crippen molar-refractivity contribution in [3.63, 3.8) is 0 Å². The normalized spacial score (nSPS) is 11.1. The molecule has 0 bridgehead atoms. The maximum absolute atomic E-state index is 6.94. The topological polar surface area (TPSA) is 51.8 Å². The summed E-state index contributed by atoms with van der Waals surface area (Å²) in [6.45, 7) is 3.43. The Kier molecular flexibility index (Phi) is 4.11. The first-order chi connectivity index (χ1) is 4.66. The molecule has 0 aliphatic carbocycles. The van der Waals surface area contributed by atoms with Crippen molar-refractivity contribution < 1.29 is 0 Å². The molecular formula is C6H12N4. The first-order valence-corrected chi connectivity index (χ1v) is 2.97. The Morgan fingerprint density at radius 1 is 1.60 bits per heavy atom.